The molecule has 1 saturated heterocycles. The number of carbonyl (C=O) groups is 2. The molecule has 19 heavy (non-hydrogen) atoms. The molecule has 1 saturated carbocycles. The van der Waals surface area contributed by atoms with Crippen molar-refractivity contribution in [1.82, 2.24) is 9.88 Å². The Labute approximate surface area is 120 Å². The number of piperidine rings is 1. The number of likely N-dealkylation sites (tertiary alicyclic amines) is 1. The Morgan fingerprint density at radius 2 is 2.05 bits per heavy atom. The topological polar surface area (TPSA) is 50.3 Å². The van der Waals surface area contributed by atoms with Gasteiger partial charge in [0, 0.05) is 11.9 Å². The molecule has 0 radical (unpaired) electrons. The van der Waals surface area contributed by atoms with E-state index in [0.29, 0.717) is 12.4 Å². The molecule has 3 rings (SSSR count). The molecule has 2 heterocycles. The first-order valence-corrected chi connectivity index (χ1v) is 7.96. The van der Waals surface area contributed by atoms with Crippen LogP contribution < -0.4 is 0 Å². The van der Waals surface area contributed by atoms with Gasteiger partial charge in [0.25, 0.3) is 0 Å². The molecular formula is C13H15ClN2O2S. The molecule has 1 aromatic heterocycles. The number of alkyl halides is 1. The van der Waals surface area contributed by atoms with Crippen LogP contribution in [0.3, 0.4) is 0 Å². The highest BCUT2D eigenvalue weighted by molar-refractivity contribution is 7.09. The summed E-state index contributed by atoms with van der Waals surface area (Å²) in [6.45, 7) is 0.568. The fraction of sp³-hybridized carbons (Fsp3) is 0.615. The third-order valence-corrected chi connectivity index (χ3v) is 4.95. The molecule has 0 spiro atoms. The van der Waals surface area contributed by atoms with Gasteiger partial charge in [-0.2, -0.15) is 0 Å². The van der Waals surface area contributed by atoms with E-state index in [1.54, 1.807) is 11.3 Å². The molecule has 1 aromatic rings. The van der Waals surface area contributed by atoms with Crippen molar-refractivity contribution >= 4 is 34.8 Å². The molecule has 1 aliphatic heterocycles. The molecule has 2 unspecified atom stereocenters. The van der Waals surface area contributed by atoms with Crippen LogP contribution in [0.2, 0.25) is 0 Å². The summed E-state index contributed by atoms with van der Waals surface area (Å²) in [5, 5.41) is 3.06. The van der Waals surface area contributed by atoms with Gasteiger partial charge < -0.3 is 0 Å². The maximum absolute atomic E-state index is 11.7. The molecule has 4 nitrogen and oxygen atoms in total. The average Bonchev–Trinajstić information content (AvgIpc) is 3.02. The van der Waals surface area contributed by atoms with Gasteiger partial charge in [-0.1, -0.05) is 0 Å². The molecule has 0 bridgehead atoms. The molecule has 2 amide bonds. The summed E-state index contributed by atoms with van der Waals surface area (Å²) in [6.07, 6.45) is 3.48. The van der Waals surface area contributed by atoms with Crippen molar-refractivity contribution in [3.8, 4) is 0 Å². The number of fused-ring (bicyclic) bond motifs is 1. The van der Waals surface area contributed by atoms with Crippen LogP contribution in [0.1, 0.15) is 30.0 Å². The summed E-state index contributed by atoms with van der Waals surface area (Å²) >= 11 is 7.32. The number of amides is 2. The van der Waals surface area contributed by atoms with E-state index in [-0.39, 0.29) is 23.7 Å². The number of nitrogens with zero attached hydrogens (tertiary/aromatic N) is 2. The van der Waals surface area contributed by atoms with Gasteiger partial charge in [0.2, 0.25) is 11.8 Å². The SMILES string of the molecule is O=C1C2CC2C(=O)N1CCCCc1nc(CCl)cs1. The smallest absolute Gasteiger partial charge is 0.233 e. The van der Waals surface area contributed by atoms with E-state index in [1.165, 1.54) is 4.90 Å². The zero-order chi connectivity index (χ0) is 13.4. The predicted octanol–water partition coefficient (Wildman–Crippen LogP) is 2.21. The van der Waals surface area contributed by atoms with E-state index in [2.05, 4.69) is 4.98 Å². The zero-order valence-corrected chi connectivity index (χ0v) is 12.0. The Balaban J connectivity index is 1.41. The van der Waals surface area contributed by atoms with Crippen LogP contribution >= 0.6 is 22.9 Å². The molecule has 2 atom stereocenters. The van der Waals surface area contributed by atoms with E-state index in [9.17, 15) is 9.59 Å². The number of halogens is 1. The monoisotopic (exact) mass is 298 g/mol. The lowest BCUT2D eigenvalue weighted by molar-refractivity contribution is -0.141. The Bertz CT molecular complexity index is 496. The van der Waals surface area contributed by atoms with Gasteiger partial charge in [0.1, 0.15) is 0 Å². The largest absolute Gasteiger partial charge is 0.282 e. The van der Waals surface area contributed by atoms with E-state index in [1.807, 2.05) is 5.38 Å². The Morgan fingerprint density at radius 3 is 2.68 bits per heavy atom. The van der Waals surface area contributed by atoms with Crippen molar-refractivity contribution in [1.29, 1.82) is 0 Å². The van der Waals surface area contributed by atoms with Crippen LogP contribution in [-0.2, 0) is 21.9 Å². The molecule has 0 aromatic carbocycles. The van der Waals surface area contributed by atoms with E-state index in [4.69, 9.17) is 11.6 Å². The third-order valence-electron chi connectivity index (χ3n) is 3.72. The number of thiazole rings is 1. The fourth-order valence-electron chi connectivity index (χ4n) is 2.54. The van der Waals surface area contributed by atoms with Gasteiger partial charge in [-0.05, 0) is 25.7 Å². The summed E-state index contributed by atoms with van der Waals surface area (Å²) < 4.78 is 0. The van der Waals surface area contributed by atoms with E-state index >= 15 is 0 Å². The first-order chi connectivity index (χ1) is 9.20. The molecule has 2 fully saturated rings. The first kappa shape index (κ1) is 13.1. The second-order valence-electron chi connectivity index (χ2n) is 5.10. The second-order valence-corrected chi connectivity index (χ2v) is 6.31. The average molecular weight is 299 g/mol. The van der Waals surface area contributed by atoms with Crippen LogP contribution in [0.5, 0.6) is 0 Å². The van der Waals surface area contributed by atoms with Crippen molar-refractivity contribution in [3.63, 3.8) is 0 Å². The van der Waals surface area contributed by atoms with Crippen molar-refractivity contribution in [2.45, 2.75) is 31.6 Å². The molecule has 102 valence electrons. The molecule has 0 N–H and O–H groups in total. The van der Waals surface area contributed by atoms with Gasteiger partial charge >= 0.3 is 0 Å². The third kappa shape index (κ3) is 2.54. The highest BCUT2D eigenvalue weighted by atomic mass is 35.5. The van der Waals surface area contributed by atoms with Gasteiger partial charge in [-0.3, -0.25) is 14.5 Å². The maximum Gasteiger partial charge on any atom is 0.233 e. The van der Waals surface area contributed by atoms with Crippen molar-refractivity contribution in [2.24, 2.45) is 11.8 Å². The molecule has 2 aliphatic rings. The summed E-state index contributed by atoms with van der Waals surface area (Å²) in [5.74, 6) is 0.605. The van der Waals surface area contributed by atoms with Gasteiger partial charge in [-0.25, -0.2) is 4.98 Å². The number of imide groups is 1. The number of rotatable bonds is 6. The molecule has 6 heteroatoms. The normalized spacial score (nSPS) is 25.0. The fourth-order valence-corrected chi connectivity index (χ4v) is 3.61. The second kappa shape index (κ2) is 5.21. The summed E-state index contributed by atoms with van der Waals surface area (Å²) in [4.78, 5) is 29.3. The van der Waals surface area contributed by atoms with Crippen LogP contribution in [0.4, 0.5) is 0 Å². The Kier molecular flexibility index (Phi) is 3.58. The van der Waals surface area contributed by atoms with Crippen LogP contribution in [0.25, 0.3) is 0 Å². The molecular weight excluding hydrogens is 284 g/mol. The minimum Gasteiger partial charge on any atom is -0.282 e. The van der Waals surface area contributed by atoms with Gasteiger partial charge in [0.15, 0.2) is 0 Å². The maximum atomic E-state index is 11.7. The van der Waals surface area contributed by atoms with Gasteiger partial charge in [0.05, 0.1) is 28.4 Å². The van der Waals surface area contributed by atoms with E-state index in [0.717, 1.165) is 36.4 Å². The van der Waals surface area contributed by atoms with Crippen LogP contribution in [0.15, 0.2) is 5.38 Å². The quantitative estimate of drug-likeness (QED) is 0.460. The van der Waals surface area contributed by atoms with Crippen molar-refractivity contribution < 1.29 is 9.59 Å². The lowest BCUT2D eigenvalue weighted by Crippen LogP contribution is -2.33. The Morgan fingerprint density at radius 1 is 1.32 bits per heavy atom. The van der Waals surface area contributed by atoms with E-state index < -0.39 is 0 Å². The minimum atomic E-state index is 0.0257. The highest BCUT2D eigenvalue weighted by Crippen LogP contribution is 2.46. The summed E-state index contributed by atoms with van der Waals surface area (Å²) in [7, 11) is 0. The van der Waals surface area contributed by atoms with Gasteiger partial charge in [-0.15, -0.1) is 22.9 Å². The summed E-state index contributed by atoms with van der Waals surface area (Å²) in [6, 6.07) is 0. The number of carbonyl (C=O) groups excluding carboxylic acids is 2. The highest BCUT2D eigenvalue weighted by Gasteiger charge is 2.58. The minimum absolute atomic E-state index is 0.0257. The lowest BCUT2D eigenvalue weighted by Gasteiger charge is -2.15. The number of aryl methyl sites for hydroxylation is 1. The Hall–Kier alpha value is -0.940. The van der Waals surface area contributed by atoms with Crippen LogP contribution in [-0.4, -0.2) is 28.2 Å². The summed E-state index contributed by atoms with van der Waals surface area (Å²) in [5.41, 5.74) is 0.923. The lowest BCUT2D eigenvalue weighted by atomic mass is 10.2. The van der Waals surface area contributed by atoms with Crippen LogP contribution in [0, 0.1) is 11.8 Å². The zero-order valence-electron chi connectivity index (χ0n) is 10.5. The predicted molar refractivity (Wildman–Crippen MR) is 72.9 cm³/mol. The van der Waals surface area contributed by atoms with Crippen molar-refractivity contribution in [2.75, 3.05) is 6.54 Å². The number of hydrogen-bond acceptors (Lipinski definition) is 4. The standard InChI is InChI=1S/C13H15ClN2O2S/c14-6-8-7-19-11(15-8)3-1-2-4-16-12(17)9-5-10(9)13(16)18/h7,9-10H,1-6H2. The number of unbranched alkanes of at least 4 members (excludes halogenated alkanes) is 1. The van der Waals surface area contributed by atoms with Crippen molar-refractivity contribution in [3.05, 3.63) is 16.1 Å². The molecule has 1 aliphatic carbocycles. The first-order valence-electron chi connectivity index (χ1n) is 6.55. The number of aromatic nitrogens is 1. The number of hydrogen-bond donors (Lipinski definition) is 0.